The van der Waals surface area contributed by atoms with Crippen LogP contribution in [0.4, 0.5) is 5.82 Å². The van der Waals surface area contributed by atoms with Crippen molar-refractivity contribution in [3.63, 3.8) is 0 Å². The highest BCUT2D eigenvalue weighted by Gasteiger charge is 2.40. The van der Waals surface area contributed by atoms with Gasteiger partial charge < -0.3 is 14.5 Å². The van der Waals surface area contributed by atoms with Crippen molar-refractivity contribution in [1.29, 1.82) is 0 Å². The van der Waals surface area contributed by atoms with E-state index in [0.717, 1.165) is 38.3 Å². The summed E-state index contributed by atoms with van der Waals surface area (Å²) in [6.45, 7) is 4.43. The van der Waals surface area contributed by atoms with E-state index in [4.69, 9.17) is 4.74 Å². The SMILES string of the molecule is O=C(c1ccncc1)N1CCCC2(COCCN(c3cnccn3)C2)C1. The summed E-state index contributed by atoms with van der Waals surface area (Å²) in [5.41, 5.74) is 0.618. The van der Waals surface area contributed by atoms with E-state index < -0.39 is 0 Å². The van der Waals surface area contributed by atoms with Crippen LogP contribution in [-0.2, 0) is 4.74 Å². The standard InChI is InChI=1S/C19H23N5O2/c25-18(16-2-5-20-6-3-16)24-9-1-4-19(14-24)13-23(10-11-26-15-19)17-12-21-7-8-22-17/h2-3,5-8,12H,1,4,9-11,13-15H2. The molecular formula is C19H23N5O2. The van der Waals surface area contributed by atoms with Crippen LogP contribution in [0.3, 0.4) is 0 Å². The number of piperidine rings is 1. The molecule has 1 amide bonds. The molecule has 2 saturated heterocycles. The summed E-state index contributed by atoms with van der Waals surface area (Å²) < 4.78 is 5.94. The average molecular weight is 353 g/mol. The molecule has 2 aliphatic rings. The minimum atomic E-state index is -0.0744. The number of hydrogen-bond acceptors (Lipinski definition) is 6. The maximum atomic E-state index is 12.9. The zero-order valence-corrected chi connectivity index (χ0v) is 14.8. The van der Waals surface area contributed by atoms with Crippen molar-refractivity contribution in [1.82, 2.24) is 19.9 Å². The van der Waals surface area contributed by atoms with Crippen LogP contribution in [0.2, 0.25) is 0 Å². The number of hydrogen-bond donors (Lipinski definition) is 0. The van der Waals surface area contributed by atoms with E-state index >= 15 is 0 Å². The first kappa shape index (κ1) is 16.9. The molecule has 1 atom stereocenters. The molecule has 7 nitrogen and oxygen atoms in total. The number of carbonyl (C=O) groups is 1. The van der Waals surface area contributed by atoms with E-state index in [1.807, 2.05) is 4.90 Å². The van der Waals surface area contributed by atoms with E-state index in [0.29, 0.717) is 25.3 Å². The van der Waals surface area contributed by atoms with Crippen LogP contribution in [-0.4, -0.2) is 65.2 Å². The minimum Gasteiger partial charge on any atom is -0.379 e. The lowest BCUT2D eigenvalue weighted by molar-refractivity contribution is 0.0135. The van der Waals surface area contributed by atoms with Crippen molar-refractivity contribution in [3.05, 3.63) is 48.7 Å². The number of carbonyl (C=O) groups excluding carboxylic acids is 1. The molecule has 0 aliphatic carbocycles. The Bertz CT molecular complexity index is 742. The van der Waals surface area contributed by atoms with Gasteiger partial charge in [-0.3, -0.25) is 14.8 Å². The van der Waals surface area contributed by atoms with Crippen LogP contribution in [0.15, 0.2) is 43.1 Å². The normalized spacial score (nSPS) is 23.7. The molecule has 1 unspecified atom stereocenters. The first-order chi connectivity index (χ1) is 12.8. The molecule has 136 valence electrons. The van der Waals surface area contributed by atoms with Gasteiger partial charge in [0.1, 0.15) is 5.82 Å². The third-order valence-electron chi connectivity index (χ3n) is 5.19. The van der Waals surface area contributed by atoms with Crippen LogP contribution in [0.25, 0.3) is 0 Å². The molecule has 2 aliphatic heterocycles. The number of amides is 1. The fourth-order valence-electron chi connectivity index (χ4n) is 3.95. The molecule has 4 rings (SSSR count). The average Bonchev–Trinajstić information content (AvgIpc) is 2.91. The highest BCUT2D eigenvalue weighted by atomic mass is 16.5. The summed E-state index contributed by atoms with van der Waals surface area (Å²) in [5.74, 6) is 0.941. The lowest BCUT2D eigenvalue weighted by Crippen LogP contribution is -2.52. The zero-order chi connectivity index (χ0) is 17.8. The van der Waals surface area contributed by atoms with Crippen molar-refractivity contribution in [2.24, 2.45) is 5.41 Å². The number of nitrogens with zero attached hydrogens (tertiary/aromatic N) is 5. The Hall–Kier alpha value is -2.54. The molecule has 2 aromatic rings. The van der Waals surface area contributed by atoms with Crippen molar-refractivity contribution in [3.8, 4) is 0 Å². The number of ether oxygens (including phenoxy) is 1. The highest BCUT2D eigenvalue weighted by Crippen LogP contribution is 2.34. The second kappa shape index (κ2) is 7.37. The monoisotopic (exact) mass is 353 g/mol. The molecule has 0 bridgehead atoms. The molecular weight excluding hydrogens is 330 g/mol. The van der Waals surface area contributed by atoms with Crippen LogP contribution < -0.4 is 4.90 Å². The van der Waals surface area contributed by atoms with Gasteiger partial charge in [0.05, 0.1) is 19.4 Å². The zero-order valence-electron chi connectivity index (χ0n) is 14.8. The summed E-state index contributed by atoms with van der Waals surface area (Å²) in [6.07, 6.45) is 10.5. The topological polar surface area (TPSA) is 71.5 Å². The van der Waals surface area contributed by atoms with Gasteiger partial charge in [-0.05, 0) is 25.0 Å². The van der Waals surface area contributed by atoms with Gasteiger partial charge in [-0.2, -0.15) is 0 Å². The Labute approximate surface area is 153 Å². The maximum Gasteiger partial charge on any atom is 0.253 e. The van der Waals surface area contributed by atoms with Gasteiger partial charge in [0.25, 0.3) is 5.91 Å². The number of rotatable bonds is 2. The summed E-state index contributed by atoms with van der Waals surface area (Å²) in [7, 11) is 0. The first-order valence-corrected chi connectivity index (χ1v) is 9.04. The molecule has 2 aromatic heterocycles. The lowest BCUT2D eigenvalue weighted by Gasteiger charge is -2.43. The second-order valence-corrected chi connectivity index (χ2v) is 7.10. The van der Waals surface area contributed by atoms with E-state index in [2.05, 4.69) is 19.9 Å². The maximum absolute atomic E-state index is 12.9. The Morgan fingerprint density at radius 3 is 2.77 bits per heavy atom. The predicted molar refractivity (Wildman–Crippen MR) is 96.9 cm³/mol. The number of aromatic nitrogens is 3. The number of anilines is 1. The fraction of sp³-hybridized carbons (Fsp3) is 0.474. The summed E-state index contributed by atoms with van der Waals surface area (Å²) in [5, 5.41) is 0. The first-order valence-electron chi connectivity index (χ1n) is 9.04. The fourth-order valence-corrected chi connectivity index (χ4v) is 3.95. The van der Waals surface area contributed by atoms with Crippen molar-refractivity contribution in [2.45, 2.75) is 12.8 Å². The number of likely N-dealkylation sites (tertiary alicyclic amines) is 1. The molecule has 7 heteroatoms. The third-order valence-corrected chi connectivity index (χ3v) is 5.19. The van der Waals surface area contributed by atoms with E-state index in [9.17, 15) is 4.79 Å². The molecule has 0 N–H and O–H groups in total. The lowest BCUT2D eigenvalue weighted by atomic mass is 9.80. The smallest absolute Gasteiger partial charge is 0.253 e. The Kier molecular flexibility index (Phi) is 4.79. The summed E-state index contributed by atoms with van der Waals surface area (Å²) in [6, 6.07) is 3.55. The number of pyridine rings is 1. The minimum absolute atomic E-state index is 0.0711. The molecule has 0 radical (unpaired) electrons. The van der Waals surface area contributed by atoms with Gasteiger partial charge >= 0.3 is 0 Å². The summed E-state index contributed by atoms with van der Waals surface area (Å²) >= 11 is 0. The van der Waals surface area contributed by atoms with E-state index in [-0.39, 0.29) is 11.3 Å². The van der Waals surface area contributed by atoms with Gasteiger partial charge in [0, 0.05) is 61.9 Å². The van der Waals surface area contributed by atoms with Gasteiger partial charge in [0.15, 0.2) is 0 Å². The summed E-state index contributed by atoms with van der Waals surface area (Å²) in [4.78, 5) is 29.7. The van der Waals surface area contributed by atoms with Gasteiger partial charge in [-0.1, -0.05) is 0 Å². The predicted octanol–water partition coefficient (Wildman–Crippen LogP) is 1.63. The van der Waals surface area contributed by atoms with E-state index in [1.165, 1.54) is 0 Å². The third kappa shape index (κ3) is 3.53. The van der Waals surface area contributed by atoms with Gasteiger partial charge in [-0.25, -0.2) is 4.98 Å². The van der Waals surface area contributed by atoms with Crippen molar-refractivity contribution in [2.75, 3.05) is 44.3 Å². The Morgan fingerprint density at radius 2 is 1.96 bits per heavy atom. The van der Waals surface area contributed by atoms with E-state index in [1.54, 1.807) is 43.1 Å². The van der Waals surface area contributed by atoms with Crippen LogP contribution in [0, 0.1) is 5.41 Å². The quantitative estimate of drug-likeness (QED) is 0.817. The second-order valence-electron chi connectivity index (χ2n) is 7.10. The van der Waals surface area contributed by atoms with Crippen LogP contribution in [0.5, 0.6) is 0 Å². The Balaban J connectivity index is 1.53. The molecule has 0 aromatic carbocycles. The van der Waals surface area contributed by atoms with Crippen molar-refractivity contribution >= 4 is 11.7 Å². The largest absolute Gasteiger partial charge is 0.379 e. The van der Waals surface area contributed by atoms with Gasteiger partial charge in [0.2, 0.25) is 0 Å². The van der Waals surface area contributed by atoms with Crippen molar-refractivity contribution < 1.29 is 9.53 Å². The molecule has 2 fully saturated rings. The molecule has 0 saturated carbocycles. The van der Waals surface area contributed by atoms with Crippen LogP contribution >= 0.6 is 0 Å². The molecule has 26 heavy (non-hydrogen) atoms. The van der Waals surface area contributed by atoms with Gasteiger partial charge in [-0.15, -0.1) is 0 Å². The highest BCUT2D eigenvalue weighted by molar-refractivity contribution is 5.94. The molecule has 4 heterocycles. The molecule has 1 spiro atoms. The Morgan fingerprint density at radius 1 is 1.08 bits per heavy atom. The van der Waals surface area contributed by atoms with Crippen LogP contribution in [0.1, 0.15) is 23.2 Å².